The lowest BCUT2D eigenvalue weighted by Gasteiger charge is -2.28. The molecule has 0 atom stereocenters. The molecule has 0 radical (unpaired) electrons. The fourth-order valence-electron chi connectivity index (χ4n) is 2.01. The Balaban J connectivity index is 3.23. The molecular formula is C12H20N2O. The first-order chi connectivity index (χ1) is 6.88. The minimum atomic E-state index is -0.108. The lowest BCUT2D eigenvalue weighted by atomic mass is 9.81. The lowest BCUT2D eigenvalue weighted by molar-refractivity contribution is -0.115. The predicted molar refractivity (Wildman–Crippen MR) is 62.1 cm³/mol. The van der Waals surface area contributed by atoms with Crippen LogP contribution in [0, 0.1) is 10.8 Å². The molecular weight excluding hydrogens is 188 g/mol. The Morgan fingerprint density at radius 2 is 1.93 bits per heavy atom. The third kappa shape index (κ3) is 2.46. The van der Waals surface area contributed by atoms with Crippen LogP contribution in [-0.2, 0) is 4.79 Å². The maximum Gasteiger partial charge on any atom is 0.166 e. The van der Waals surface area contributed by atoms with Gasteiger partial charge >= 0.3 is 0 Å². The number of Topliss-reactive ketones (excluding diaryl/α,β-unsaturated/α-hetero) is 1. The molecule has 0 saturated heterocycles. The highest BCUT2D eigenvalue weighted by molar-refractivity contribution is 6.23. The van der Waals surface area contributed by atoms with E-state index in [1.807, 2.05) is 7.05 Å². The molecule has 1 aliphatic rings. The molecule has 0 aromatic heterocycles. The van der Waals surface area contributed by atoms with Gasteiger partial charge in [0.15, 0.2) is 5.78 Å². The number of allylic oxidation sites excluding steroid dienone is 2. The van der Waals surface area contributed by atoms with Crippen molar-refractivity contribution in [3.8, 4) is 0 Å². The summed E-state index contributed by atoms with van der Waals surface area (Å²) in [7, 11) is 1.82. The topological polar surface area (TPSA) is 53.0 Å². The largest absolute Gasteiger partial charge is 0.390 e. The Morgan fingerprint density at radius 1 is 1.33 bits per heavy atom. The van der Waals surface area contributed by atoms with Crippen LogP contribution >= 0.6 is 0 Å². The van der Waals surface area contributed by atoms with Gasteiger partial charge in [0.05, 0.1) is 5.57 Å². The maximum absolute atomic E-state index is 11.8. The number of carbonyl (C=O) groups is 1. The molecule has 0 spiro atoms. The van der Waals surface area contributed by atoms with Crippen molar-refractivity contribution in [1.29, 1.82) is 5.41 Å². The fourth-order valence-corrected chi connectivity index (χ4v) is 2.01. The van der Waals surface area contributed by atoms with E-state index in [4.69, 9.17) is 5.41 Å². The van der Waals surface area contributed by atoms with Gasteiger partial charge < -0.3 is 10.7 Å². The van der Waals surface area contributed by atoms with Crippen molar-refractivity contribution in [2.75, 3.05) is 7.05 Å². The van der Waals surface area contributed by atoms with E-state index in [-0.39, 0.29) is 11.2 Å². The molecule has 15 heavy (non-hydrogen) atoms. The van der Waals surface area contributed by atoms with Gasteiger partial charge in [-0.25, -0.2) is 0 Å². The van der Waals surface area contributed by atoms with Crippen LogP contribution in [0.25, 0.3) is 0 Å². The number of ketones is 1. The second kappa shape index (κ2) is 4.17. The smallest absolute Gasteiger partial charge is 0.166 e. The normalized spacial score (nSPS) is 21.6. The molecule has 1 rings (SSSR count). The summed E-state index contributed by atoms with van der Waals surface area (Å²) < 4.78 is 0. The number of hydrogen-bond donors (Lipinski definition) is 2. The highest BCUT2D eigenvalue weighted by Gasteiger charge is 2.28. The number of rotatable bonds is 1. The van der Waals surface area contributed by atoms with Gasteiger partial charge in [-0.15, -0.1) is 0 Å². The first-order valence-electron chi connectivity index (χ1n) is 5.41. The van der Waals surface area contributed by atoms with Crippen LogP contribution in [0.1, 0.15) is 40.0 Å². The van der Waals surface area contributed by atoms with E-state index in [0.717, 1.165) is 18.5 Å². The van der Waals surface area contributed by atoms with Gasteiger partial charge in [-0.2, -0.15) is 0 Å². The van der Waals surface area contributed by atoms with E-state index in [1.54, 1.807) is 0 Å². The Bertz CT molecular complexity index is 303. The van der Waals surface area contributed by atoms with Crippen molar-refractivity contribution in [3.05, 3.63) is 11.3 Å². The molecule has 0 amide bonds. The van der Waals surface area contributed by atoms with Gasteiger partial charge in [0.25, 0.3) is 0 Å². The Hall–Kier alpha value is -1.12. The third-order valence-corrected chi connectivity index (χ3v) is 2.66. The van der Waals surface area contributed by atoms with Crippen LogP contribution in [0.4, 0.5) is 0 Å². The summed E-state index contributed by atoms with van der Waals surface area (Å²) in [6.45, 7) is 6.17. The van der Waals surface area contributed by atoms with Crippen molar-refractivity contribution >= 4 is 11.5 Å². The third-order valence-electron chi connectivity index (χ3n) is 2.66. The lowest BCUT2D eigenvalue weighted by Crippen LogP contribution is -2.30. The van der Waals surface area contributed by atoms with E-state index in [1.165, 1.54) is 0 Å². The molecule has 0 aromatic rings. The SMILES string of the molecule is CN/C(=C1\C(=N)CCCC1=O)C(C)(C)C. The summed E-state index contributed by atoms with van der Waals surface area (Å²) in [4.78, 5) is 11.8. The molecule has 0 aromatic carbocycles. The first-order valence-corrected chi connectivity index (χ1v) is 5.41. The van der Waals surface area contributed by atoms with Gasteiger partial charge in [0.2, 0.25) is 0 Å². The molecule has 1 aliphatic carbocycles. The van der Waals surface area contributed by atoms with E-state index >= 15 is 0 Å². The van der Waals surface area contributed by atoms with Crippen molar-refractivity contribution < 1.29 is 4.79 Å². The molecule has 1 saturated carbocycles. The van der Waals surface area contributed by atoms with Crippen LogP contribution in [0.5, 0.6) is 0 Å². The summed E-state index contributed by atoms with van der Waals surface area (Å²) >= 11 is 0. The predicted octanol–water partition coefficient (Wildman–Crippen LogP) is 2.28. The maximum atomic E-state index is 11.8. The molecule has 0 unspecified atom stereocenters. The monoisotopic (exact) mass is 208 g/mol. The minimum absolute atomic E-state index is 0.108. The van der Waals surface area contributed by atoms with Gasteiger partial charge in [0, 0.05) is 30.3 Å². The average molecular weight is 208 g/mol. The van der Waals surface area contributed by atoms with Gasteiger partial charge in [-0.3, -0.25) is 4.79 Å². The second-order valence-electron chi connectivity index (χ2n) is 5.01. The van der Waals surface area contributed by atoms with E-state index in [2.05, 4.69) is 26.1 Å². The molecule has 2 N–H and O–H groups in total. The summed E-state index contributed by atoms with van der Waals surface area (Å²) in [5.41, 5.74) is 1.91. The Morgan fingerprint density at radius 3 is 2.33 bits per heavy atom. The van der Waals surface area contributed by atoms with Crippen LogP contribution in [-0.4, -0.2) is 18.5 Å². The zero-order valence-electron chi connectivity index (χ0n) is 10.0. The fraction of sp³-hybridized carbons (Fsp3) is 0.667. The molecule has 84 valence electrons. The standard InChI is InChI=1S/C12H20N2O/c1-12(2,3)11(14-4)10-8(13)6-5-7-9(10)15/h13-14H,5-7H2,1-4H3/b11-10+,13-8?. The van der Waals surface area contributed by atoms with Crippen molar-refractivity contribution in [2.45, 2.75) is 40.0 Å². The van der Waals surface area contributed by atoms with Crippen molar-refractivity contribution in [3.63, 3.8) is 0 Å². The van der Waals surface area contributed by atoms with Crippen molar-refractivity contribution in [1.82, 2.24) is 5.32 Å². The summed E-state index contributed by atoms with van der Waals surface area (Å²) in [5.74, 6) is 0.116. The molecule has 3 heteroatoms. The minimum Gasteiger partial charge on any atom is -0.390 e. The average Bonchev–Trinajstić information content (AvgIpc) is 2.09. The number of carbonyl (C=O) groups excluding carboxylic acids is 1. The van der Waals surface area contributed by atoms with Crippen molar-refractivity contribution in [2.24, 2.45) is 5.41 Å². The molecule has 3 nitrogen and oxygen atoms in total. The number of hydrogen-bond acceptors (Lipinski definition) is 3. The molecule has 0 heterocycles. The van der Waals surface area contributed by atoms with E-state index in [9.17, 15) is 4.79 Å². The molecule has 1 fully saturated rings. The summed E-state index contributed by atoms with van der Waals surface area (Å²) in [6.07, 6.45) is 2.13. The van der Waals surface area contributed by atoms with E-state index < -0.39 is 0 Å². The second-order valence-corrected chi connectivity index (χ2v) is 5.01. The first kappa shape index (κ1) is 12.0. The van der Waals surface area contributed by atoms with Gasteiger partial charge in [-0.1, -0.05) is 20.8 Å². The van der Waals surface area contributed by atoms with Crippen LogP contribution in [0.2, 0.25) is 0 Å². The van der Waals surface area contributed by atoms with Gasteiger partial charge in [-0.05, 0) is 12.8 Å². The number of nitrogens with one attached hydrogen (secondary N) is 2. The van der Waals surface area contributed by atoms with E-state index in [0.29, 0.717) is 17.7 Å². The zero-order chi connectivity index (χ0) is 11.6. The van der Waals surface area contributed by atoms with Crippen LogP contribution < -0.4 is 5.32 Å². The highest BCUT2D eigenvalue weighted by atomic mass is 16.1. The highest BCUT2D eigenvalue weighted by Crippen LogP contribution is 2.29. The van der Waals surface area contributed by atoms with Gasteiger partial charge in [0.1, 0.15) is 0 Å². The Kier molecular flexibility index (Phi) is 3.32. The Labute approximate surface area is 91.5 Å². The zero-order valence-corrected chi connectivity index (χ0v) is 10.0. The van der Waals surface area contributed by atoms with Crippen LogP contribution in [0.3, 0.4) is 0 Å². The quantitative estimate of drug-likeness (QED) is 0.649. The van der Waals surface area contributed by atoms with Crippen LogP contribution in [0.15, 0.2) is 11.3 Å². The summed E-state index contributed by atoms with van der Waals surface area (Å²) in [5, 5.41) is 11.0. The molecule has 0 bridgehead atoms. The molecule has 0 aliphatic heterocycles. The summed E-state index contributed by atoms with van der Waals surface area (Å²) in [6, 6.07) is 0.